The van der Waals surface area contributed by atoms with Crippen LogP contribution in [0.1, 0.15) is 32.2 Å². The van der Waals surface area contributed by atoms with Crippen LogP contribution >= 0.6 is 27.7 Å². The highest BCUT2D eigenvalue weighted by Crippen LogP contribution is 2.39. The highest BCUT2D eigenvalue weighted by Gasteiger charge is 2.27. The highest BCUT2D eigenvalue weighted by atomic mass is 79.9. The van der Waals surface area contributed by atoms with Gasteiger partial charge in [0, 0.05) is 10.5 Å². The molecule has 0 aliphatic heterocycles. The molecule has 0 radical (unpaired) electrons. The van der Waals surface area contributed by atoms with Gasteiger partial charge in [-0.2, -0.15) is 0 Å². The largest absolute Gasteiger partial charge is 0.481 e. The van der Waals surface area contributed by atoms with Crippen molar-refractivity contribution in [1.29, 1.82) is 0 Å². The minimum atomic E-state index is -0.806. The number of halogens is 1. The molecule has 6 heteroatoms. The van der Waals surface area contributed by atoms with Crippen molar-refractivity contribution in [2.24, 2.45) is 5.92 Å². The molecule has 21 heavy (non-hydrogen) atoms. The highest BCUT2D eigenvalue weighted by molar-refractivity contribution is 9.10. The number of hydrogen-bond acceptors (Lipinski definition) is 3. The fraction of sp³-hybridized carbons (Fsp3) is 0.467. The lowest BCUT2D eigenvalue weighted by Crippen LogP contribution is -2.08. The Balaban J connectivity index is 2.04. The molecular formula is C15H17BrN2O2S. The second-order valence-electron chi connectivity index (χ2n) is 5.65. The van der Waals surface area contributed by atoms with E-state index < -0.39 is 5.97 Å². The Kier molecular flexibility index (Phi) is 4.26. The molecule has 0 spiro atoms. The van der Waals surface area contributed by atoms with E-state index in [2.05, 4.69) is 38.5 Å². The fourth-order valence-electron chi connectivity index (χ4n) is 3.04. The number of aromatic nitrogens is 2. The van der Waals surface area contributed by atoms with Gasteiger partial charge in [0.15, 0.2) is 5.16 Å². The summed E-state index contributed by atoms with van der Waals surface area (Å²) in [4.78, 5) is 15.5. The van der Waals surface area contributed by atoms with Crippen molar-refractivity contribution in [3.63, 3.8) is 0 Å². The van der Waals surface area contributed by atoms with Crippen LogP contribution in [-0.4, -0.2) is 26.4 Å². The maximum absolute atomic E-state index is 10.9. The fourth-order valence-corrected chi connectivity index (χ4v) is 4.19. The number of imidazole rings is 1. The van der Waals surface area contributed by atoms with Gasteiger partial charge in [-0.25, -0.2) is 4.98 Å². The number of benzene rings is 1. The molecule has 3 rings (SSSR count). The molecule has 1 aromatic carbocycles. The Bertz CT molecular complexity index is 686. The van der Waals surface area contributed by atoms with Gasteiger partial charge < -0.3 is 9.67 Å². The van der Waals surface area contributed by atoms with Gasteiger partial charge >= 0.3 is 5.97 Å². The van der Waals surface area contributed by atoms with E-state index in [0.717, 1.165) is 39.4 Å². The Morgan fingerprint density at radius 2 is 2.33 bits per heavy atom. The zero-order valence-corrected chi connectivity index (χ0v) is 14.2. The lowest BCUT2D eigenvalue weighted by molar-refractivity contribution is -0.133. The van der Waals surface area contributed by atoms with E-state index in [9.17, 15) is 4.79 Å². The summed E-state index contributed by atoms with van der Waals surface area (Å²) in [6.45, 7) is 2.28. The summed E-state index contributed by atoms with van der Waals surface area (Å²) >= 11 is 4.78. The summed E-state index contributed by atoms with van der Waals surface area (Å²) in [6.07, 6.45) is 3.51. The third kappa shape index (κ3) is 3.11. The van der Waals surface area contributed by atoms with Gasteiger partial charge in [0.05, 0.1) is 16.8 Å². The summed E-state index contributed by atoms with van der Waals surface area (Å²) in [5.41, 5.74) is 2.03. The number of rotatable bonds is 4. The summed E-state index contributed by atoms with van der Waals surface area (Å²) in [7, 11) is 0. The van der Waals surface area contributed by atoms with Crippen molar-refractivity contribution in [3.05, 3.63) is 22.7 Å². The standard InChI is InChI=1S/C15H17BrN2O2S/c1-9-2-4-11(6-9)18-13-5-3-10(16)7-12(13)17-15(18)21-8-14(19)20/h3,5,7,9,11H,2,4,6,8H2,1H3,(H,19,20). The van der Waals surface area contributed by atoms with Gasteiger partial charge in [-0.1, -0.05) is 34.6 Å². The molecule has 0 bridgehead atoms. The van der Waals surface area contributed by atoms with Crippen LogP contribution in [0.25, 0.3) is 11.0 Å². The summed E-state index contributed by atoms with van der Waals surface area (Å²) in [5, 5.41) is 9.75. The quantitative estimate of drug-likeness (QED) is 0.815. The molecule has 1 heterocycles. The summed E-state index contributed by atoms with van der Waals surface area (Å²) < 4.78 is 3.24. The average molecular weight is 369 g/mol. The van der Waals surface area contributed by atoms with Crippen molar-refractivity contribution >= 4 is 44.7 Å². The first-order valence-electron chi connectivity index (χ1n) is 7.06. The molecule has 2 atom stereocenters. The Labute approximate surface area is 136 Å². The predicted molar refractivity (Wildman–Crippen MR) is 87.8 cm³/mol. The first kappa shape index (κ1) is 14.9. The number of thioether (sulfide) groups is 1. The number of carboxylic acid groups (broad SMARTS) is 1. The minimum Gasteiger partial charge on any atom is -0.481 e. The van der Waals surface area contributed by atoms with E-state index in [1.807, 2.05) is 12.1 Å². The molecule has 2 aromatic rings. The van der Waals surface area contributed by atoms with E-state index in [-0.39, 0.29) is 5.75 Å². The first-order valence-corrected chi connectivity index (χ1v) is 8.84. The molecule has 1 saturated carbocycles. The van der Waals surface area contributed by atoms with Gasteiger partial charge in [0.25, 0.3) is 0 Å². The number of hydrogen-bond donors (Lipinski definition) is 1. The molecule has 1 aromatic heterocycles. The molecule has 1 aliphatic carbocycles. The summed E-state index contributed by atoms with van der Waals surface area (Å²) in [6, 6.07) is 6.52. The number of carbonyl (C=O) groups is 1. The number of nitrogens with zero attached hydrogens (tertiary/aromatic N) is 2. The van der Waals surface area contributed by atoms with Crippen LogP contribution < -0.4 is 0 Å². The van der Waals surface area contributed by atoms with E-state index in [1.165, 1.54) is 18.2 Å². The van der Waals surface area contributed by atoms with Crippen LogP contribution in [0.4, 0.5) is 0 Å². The Hall–Kier alpha value is -1.01. The van der Waals surface area contributed by atoms with Gasteiger partial charge in [-0.15, -0.1) is 0 Å². The minimum absolute atomic E-state index is 0.0484. The number of carboxylic acids is 1. The van der Waals surface area contributed by atoms with Crippen molar-refractivity contribution < 1.29 is 9.90 Å². The second-order valence-corrected chi connectivity index (χ2v) is 7.51. The van der Waals surface area contributed by atoms with E-state index >= 15 is 0 Å². The van der Waals surface area contributed by atoms with Crippen molar-refractivity contribution in [1.82, 2.24) is 9.55 Å². The van der Waals surface area contributed by atoms with E-state index in [4.69, 9.17) is 5.11 Å². The van der Waals surface area contributed by atoms with Crippen LogP contribution in [0.2, 0.25) is 0 Å². The van der Waals surface area contributed by atoms with Crippen LogP contribution in [0.5, 0.6) is 0 Å². The van der Waals surface area contributed by atoms with E-state index in [0.29, 0.717) is 6.04 Å². The number of aliphatic carboxylic acids is 1. The van der Waals surface area contributed by atoms with Crippen LogP contribution in [0, 0.1) is 5.92 Å². The monoisotopic (exact) mass is 368 g/mol. The predicted octanol–water partition coefficient (Wildman–Crippen LogP) is 4.34. The van der Waals surface area contributed by atoms with Crippen molar-refractivity contribution in [3.8, 4) is 0 Å². The van der Waals surface area contributed by atoms with Gasteiger partial charge in [-0.3, -0.25) is 4.79 Å². The normalized spacial score (nSPS) is 22.0. The lowest BCUT2D eigenvalue weighted by atomic mass is 10.1. The van der Waals surface area contributed by atoms with Crippen molar-refractivity contribution in [2.75, 3.05) is 5.75 Å². The molecule has 1 fully saturated rings. The van der Waals surface area contributed by atoms with Gasteiger partial charge in [0.1, 0.15) is 0 Å². The average Bonchev–Trinajstić information content (AvgIpc) is 2.98. The zero-order valence-electron chi connectivity index (χ0n) is 11.8. The van der Waals surface area contributed by atoms with E-state index in [1.54, 1.807) is 0 Å². The lowest BCUT2D eigenvalue weighted by Gasteiger charge is -2.16. The molecule has 0 amide bonds. The molecule has 4 nitrogen and oxygen atoms in total. The van der Waals surface area contributed by atoms with Gasteiger partial charge in [0.2, 0.25) is 0 Å². The van der Waals surface area contributed by atoms with Crippen LogP contribution in [0.3, 0.4) is 0 Å². The smallest absolute Gasteiger partial charge is 0.313 e. The van der Waals surface area contributed by atoms with Gasteiger partial charge in [-0.05, 0) is 43.4 Å². The first-order chi connectivity index (χ1) is 10.0. The topological polar surface area (TPSA) is 55.1 Å². The molecule has 1 N–H and O–H groups in total. The molecular weight excluding hydrogens is 352 g/mol. The Morgan fingerprint density at radius 3 is 3.00 bits per heavy atom. The number of fused-ring (bicyclic) bond motifs is 1. The van der Waals surface area contributed by atoms with Crippen LogP contribution in [0.15, 0.2) is 27.8 Å². The summed E-state index contributed by atoms with van der Waals surface area (Å²) in [5.74, 6) is -0.0351. The molecule has 2 unspecified atom stereocenters. The molecule has 1 aliphatic rings. The molecule has 112 valence electrons. The van der Waals surface area contributed by atoms with Crippen LogP contribution in [-0.2, 0) is 4.79 Å². The zero-order chi connectivity index (χ0) is 15.0. The SMILES string of the molecule is CC1CCC(n2c(SCC(=O)O)nc3cc(Br)ccc32)C1. The maximum Gasteiger partial charge on any atom is 0.313 e. The second kappa shape index (κ2) is 6.01. The van der Waals surface area contributed by atoms with Crippen molar-refractivity contribution in [2.45, 2.75) is 37.4 Å². The third-order valence-corrected chi connectivity index (χ3v) is 5.41. The molecule has 0 saturated heterocycles. The third-order valence-electron chi connectivity index (χ3n) is 3.98. The maximum atomic E-state index is 10.9. The Morgan fingerprint density at radius 1 is 1.52 bits per heavy atom.